The van der Waals surface area contributed by atoms with Crippen LogP contribution in [0.1, 0.15) is 27.8 Å². The minimum absolute atomic E-state index is 0.518. The normalized spacial score (nSPS) is 12.5. The van der Waals surface area contributed by atoms with Crippen LogP contribution < -0.4 is 9.80 Å². The van der Waals surface area contributed by atoms with Crippen LogP contribution in [0.15, 0.2) is 251 Å². The molecule has 0 amide bonds. The summed E-state index contributed by atoms with van der Waals surface area (Å²) in [6.45, 7) is 8.45. The van der Waals surface area contributed by atoms with Crippen molar-refractivity contribution in [1.82, 2.24) is 0 Å². The molecule has 0 saturated heterocycles. The molecule has 2 heterocycles. The van der Waals surface area contributed by atoms with Crippen LogP contribution in [0.25, 0.3) is 70.6 Å². The number of hydrogen-bond acceptors (Lipinski definition) is 5. The van der Waals surface area contributed by atoms with Gasteiger partial charge in [-0.1, -0.05) is 182 Å². The van der Waals surface area contributed by atoms with Crippen LogP contribution in [0.5, 0.6) is 0 Å². The Morgan fingerprint density at radius 3 is 1.55 bits per heavy atom. The van der Waals surface area contributed by atoms with E-state index in [0.29, 0.717) is 11.3 Å². The largest absolute Gasteiger partial charge is 0.454 e. The third-order valence-electron chi connectivity index (χ3n) is 14.8. The van der Waals surface area contributed by atoms with Crippen LogP contribution >= 0.6 is 0 Å². The van der Waals surface area contributed by atoms with E-state index in [-0.39, 0.29) is 0 Å². The summed E-state index contributed by atoms with van der Waals surface area (Å²) in [6.07, 6.45) is 0. The van der Waals surface area contributed by atoms with Crippen molar-refractivity contribution in [3.63, 3.8) is 0 Å². The number of furan rings is 2. The zero-order valence-corrected chi connectivity index (χ0v) is 39.2. The molecule has 0 spiro atoms. The van der Waals surface area contributed by atoms with Crippen LogP contribution in [0.3, 0.4) is 0 Å². The maximum atomic E-state index is 10.9. The molecule has 11 aromatic carbocycles. The van der Waals surface area contributed by atoms with Gasteiger partial charge in [0.15, 0.2) is 11.2 Å². The Balaban J connectivity index is 1.11. The van der Waals surface area contributed by atoms with E-state index in [1.165, 1.54) is 0 Å². The number of nitriles is 1. The molecule has 13 aromatic rings. The molecule has 0 radical (unpaired) electrons. The van der Waals surface area contributed by atoms with Crippen LogP contribution in [-0.2, 0) is 5.41 Å². The summed E-state index contributed by atoms with van der Waals surface area (Å²) in [4.78, 5) is 8.52. The first kappa shape index (κ1) is 41.8. The van der Waals surface area contributed by atoms with E-state index in [1.54, 1.807) is 0 Å². The first-order valence-corrected chi connectivity index (χ1v) is 24.3. The van der Waals surface area contributed by atoms with E-state index in [9.17, 15) is 5.26 Å². The van der Waals surface area contributed by atoms with Gasteiger partial charge in [-0.15, -0.1) is 0 Å². The van der Waals surface area contributed by atoms with Crippen molar-refractivity contribution >= 4 is 94.5 Å². The molecular formula is C67H40N4O2. The smallest absolute Gasteiger partial charge is 0.210 e. The van der Waals surface area contributed by atoms with Crippen LogP contribution in [0.4, 0.5) is 39.8 Å². The Morgan fingerprint density at radius 1 is 0.411 bits per heavy atom. The summed E-state index contributed by atoms with van der Waals surface area (Å²) in [5, 5.41) is 17.0. The predicted octanol–water partition coefficient (Wildman–Crippen LogP) is 18.4. The summed E-state index contributed by atoms with van der Waals surface area (Å²) in [7, 11) is 0. The van der Waals surface area contributed by atoms with Gasteiger partial charge in [-0.3, -0.25) is 0 Å². The second kappa shape index (κ2) is 16.5. The lowest BCUT2D eigenvalue weighted by Gasteiger charge is -2.36. The van der Waals surface area contributed by atoms with Crippen molar-refractivity contribution in [3.8, 4) is 17.2 Å². The molecule has 0 bridgehead atoms. The number of hydrogen-bond donors (Lipinski definition) is 0. The first-order valence-electron chi connectivity index (χ1n) is 24.3. The van der Waals surface area contributed by atoms with Gasteiger partial charge in [0.25, 0.3) is 0 Å². The molecule has 0 atom stereocenters. The van der Waals surface area contributed by atoms with Gasteiger partial charge in [-0.05, 0) is 99.4 Å². The van der Waals surface area contributed by atoms with Crippen molar-refractivity contribution in [3.05, 3.63) is 282 Å². The Hall–Kier alpha value is -10.1. The molecule has 0 N–H and O–H groups in total. The SMILES string of the molecule is [C-]#[N+]c1ccccc1N(c1ccc2c(c1)C(c1ccccc1)(c1ccccc1)c1cc(N(c3ccccc3C#N)c3cccc4c3oc3ccccc34)c3ccccc3c1-2)c1cccc2c1oc1ccccc12. The molecule has 1 aliphatic rings. The molecule has 6 nitrogen and oxygen atoms in total. The summed E-state index contributed by atoms with van der Waals surface area (Å²) >= 11 is 0. The third-order valence-corrected chi connectivity index (χ3v) is 14.8. The monoisotopic (exact) mass is 932 g/mol. The van der Waals surface area contributed by atoms with Gasteiger partial charge in [0, 0.05) is 32.6 Å². The summed E-state index contributed by atoms with van der Waals surface area (Å²) < 4.78 is 13.6. The molecule has 0 unspecified atom stereocenters. The van der Waals surface area contributed by atoms with Gasteiger partial charge in [-0.2, -0.15) is 5.26 Å². The first-order chi connectivity index (χ1) is 36.1. The van der Waals surface area contributed by atoms with Gasteiger partial charge >= 0.3 is 0 Å². The number of benzene rings is 11. The van der Waals surface area contributed by atoms with Crippen molar-refractivity contribution in [2.24, 2.45) is 0 Å². The lowest BCUT2D eigenvalue weighted by atomic mass is 9.67. The Kier molecular flexibility index (Phi) is 9.44. The van der Waals surface area contributed by atoms with E-state index >= 15 is 0 Å². The van der Waals surface area contributed by atoms with Crippen LogP contribution in [0.2, 0.25) is 0 Å². The van der Waals surface area contributed by atoms with Gasteiger partial charge in [0.05, 0.1) is 46.0 Å². The highest BCUT2D eigenvalue weighted by atomic mass is 16.3. The second-order valence-electron chi connectivity index (χ2n) is 18.5. The lowest BCUT2D eigenvalue weighted by molar-refractivity contribution is 0.668. The van der Waals surface area contributed by atoms with Crippen molar-refractivity contribution in [2.75, 3.05) is 9.80 Å². The molecule has 6 heteroatoms. The minimum Gasteiger partial charge on any atom is -0.454 e. The van der Waals surface area contributed by atoms with Crippen molar-refractivity contribution in [2.45, 2.75) is 5.41 Å². The highest BCUT2D eigenvalue weighted by molar-refractivity contribution is 6.16. The number of rotatable bonds is 8. The minimum atomic E-state index is -0.885. The van der Waals surface area contributed by atoms with Gasteiger partial charge in [-0.25, -0.2) is 4.85 Å². The lowest BCUT2D eigenvalue weighted by Crippen LogP contribution is -2.29. The standard InChI is InChI=1S/C67H40N4O2/c1-69-56-31-13-15-33-58(56)70(59-34-18-29-51-48-26-11-16-36-62(48)72-65(51)59)46-38-39-53-54(40-46)67(44-21-4-2-5-22-44,45-23-6-3-7-24-45)55-41-61(47-25-9-10-28-50(47)64(53)55)71(57-32-14-8-20-43(57)42-68)60-35-19-30-52-49-27-12-17-37-63(49)73-66(52)60/h2-41H. The second-order valence-corrected chi connectivity index (χ2v) is 18.5. The number of anilines is 6. The summed E-state index contributed by atoms with van der Waals surface area (Å²) in [5.41, 5.74) is 14.7. The average Bonchev–Trinajstić information content (AvgIpc) is 4.14. The average molecular weight is 933 g/mol. The summed E-state index contributed by atoms with van der Waals surface area (Å²) in [6, 6.07) is 86.5. The number of nitrogens with zero attached hydrogens (tertiary/aromatic N) is 4. The third kappa shape index (κ3) is 6.15. The molecule has 2 aromatic heterocycles. The maximum absolute atomic E-state index is 10.9. The van der Waals surface area contributed by atoms with Gasteiger partial charge in [0.2, 0.25) is 5.69 Å². The van der Waals surface area contributed by atoms with Crippen LogP contribution in [0, 0.1) is 17.9 Å². The van der Waals surface area contributed by atoms with E-state index in [4.69, 9.17) is 15.4 Å². The van der Waals surface area contributed by atoms with E-state index in [1.807, 2.05) is 84.9 Å². The molecule has 0 fully saturated rings. The van der Waals surface area contributed by atoms with Crippen LogP contribution in [-0.4, -0.2) is 0 Å². The van der Waals surface area contributed by atoms with E-state index < -0.39 is 5.41 Å². The highest BCUT2D eigenvalue weighted by Crippen LogP contribution is 2.61. The molecule has 14 rings (SSSR count). The van der Waals surface area contributed by atoms with E-state index in [0.717, 1.165) is 122 Å². The van der Waals surface area contributed by atoms with Crippen molar-refractivity contribution < 1.29 is 8.83 Å². The van der Waals surface area contributed by atoms with Gasteiger partial charge < -0.3 is 18.6 Å². The highest BCUT2D eigenvalue weighted by Gasteiger charge is 2.48. The fourth-order valence-electron chi connectivity index (χ4n) is 11.8. The fourth-order valence-corrected chi connectivity index (χ4v) is 11.8. The van der Waals surface area contributed by atoms with Crippen molar-refractivity contribution in [1.29, 1.82) is 5.26 Å². The maximum Gasteiger partial charge on any atom is 0.210 e. The predicted molar refractivity (Wildman–Crippen MR) is 296 cm³/mol. The zero-order chi connectivity index (χ0) is 48.6. The molecule has 1 aliphatic carbocycles. The fraction of sp³-hybridized carbons (Fsp3) is 0.0149. The molecule has 0 aliphatic heterocycles. The summed E-state index contributed by atoms with van der Waals surface area (Å²) in [5.74, 6) is 0. The Labute approximate surface area is 420 Å². The molecule has 340 valence electrons. The Morgan fingerprint density at radius 2 is 0.918 bits per heavy atom. The molecule has 73 heavy (non-hydrogen) atoms. The topological polar surface area (TPSA) is 60.9 Å². The quantitative estimate of drug-likeness (QED) is 0.142. The molecule has 0 saturated carbocycles. The van der Waals surface area contributed by atoms with Gasteiger partial charge in [0.1, 0.15) is 17.2 Å². The zero-order valence-electron chi connectivity index (χ0n) is 39.2. The molecular weight excluding hydrogens is 893 g/mol. The number of para-hydroxylation sites is 7. The number of fused-ring (bicyclic) bond motifs is 11. The van der Waals surface area contributed by atoms with E-state index in [2.05, 4.69) is 178 Å². The Bertz CT molecular complexity index is 4400.